The Morgan fingerprint density at radius 3 is 1.72 bits per heavy atom. The van der Waals surface area contributed by atoms with Crippen LogP contribution >= 0.6 is 0 Å². The Morgan fingerprint density at radius 1 is 0.421 bits per heavy atom. The Balaban J connectivity index is 1.28. The third-order valence-electron chi connectivity index (χ3n) is 9.79. The number of benzene rings is 8. The van der Waals surface area contributed by atoms with E-state index in [9.17, 15) is 9.60 Å². The molecule has 0 saturated heterocycles. The Kier molecular flexibility index (Phi) is 3.85. The molecule has 57 heavy (non-hydrogen) atoms. The van der Waals surface area contributed by atoms with Gasteiger partial charge in [-0.3, -0.25) is 9.13 Å². The Morgan fingerprint density at radius 2 is 1.00 bits per heavy atom. The van der Waals surface area contributed by atoms with Crippen LogP contribution < -0.4 is 0 Å². The fourth-order valence-corrected chi connectivity index (χ4v) is 7.32. The molecular weight excluding hydrogens is 699 g/mol. The number of fused-ring (bicyclic) bond motifs is 9. The molecule has 0 aliphatic carbocycles. The van der Waals surface area contributed by atoms with Gasteiger partial charge in [-0.1, -0.05) is 151 Å². The molecule has 6 heteroatoms. The second-order valence-electron chi connectivity index (χ2n) is 12.9. The maximum absolute atomic E-state index is 9.89. The Labute approximate surface area is 354 Å². The number of furan rings is 1. The molecule has 0 amide bonds. The zero-order valence-corrected chi connectivity index (χ0v) is 29.0. The molecule has 0 bridgehead atoms. The summed E-state index contributed by atoms with van der Waals surface area (Å²) in [5.41, 5.74) is -0.437. The van der Waals surface area contributed by atoms with E-state index < -0.39 is 177 Å². The second-order valence-corrected chi connectivity index (χ2v) is 12.9. The van der Waals surface area contributed by atoms with Crippen LogP contribution in [0.2, 0.25) is 0 Å². The standard InChI is InChI=1S/C51H31N5O/c1-2-14-32(15-3-1)33-28-29-40-39-20-6-10-26-45(39)56(46(40)31-33)51-53-49(52-50(54-51)55-43-24-8-4-18-37(43)38-19-5-9-25-44(38)55)35-17-12-16-34(30-35)36-22-13-23-42-41-21-7-11-27-47(41)57-48(36)42/h1-31H/i1D,2D,3D,4D,5D,6D,8D,9D,10D,14D,15D,18D,19D,20D,24D,25D,26D,28D,29D,31D. The molecule has 0 radical (unpaired) electrons. The van der Waals surface area contributed by atoms with Crippen LogP contribution in [0.4, 0.5) is 0 Å². The van der Waals surface area contributed by atoms with E-state index in [-0.39, 0.29) is 22.2 Å². The SMILES string of the molecule is [2H]c1c([2H])c([2H])c(-c2c([2H])c([2H])c3c4c([2H])c([2H])c([2H])c([2H])c4n(-c4nc(-c5cccc(-c6cccc7c6oc6ccccc67)c5)nc(-n5c6c([2H])c([2H])c([2H])c([2H])c6c6c([2H])c([2H])c([2H])c([2H])c65)n4)c3c2[2H])c([2H])c1[2H]. The third kappa shape index (κ3) is 4.87. The second kappa shape index (κ2) is 12.3. The van der Waals surface area contributed by atoms with Crippen LogP contribution in [-0.2, 0) is 0 Å². The summed E-state index contributed by atoms with van der Waals surface area (Å²) >= 11 is 0. The van der Waals surface area contributed by atoms with Crippen molar-refractivity contribution < 1.29 is 31.8 Å². The summed E-state index contributed by atoms with van der Waals surface area (Å²) < 4.78 is 188. The number of hydrogen-bond donors (Lipinski definition) is 0. The highest BCUT2D eigenvalue weighted by Crippen LogP contribution is 2.39. The molecule has 12 rings (SSSR count). The van der Waals surface area contributed by atoms with Crippen molar-refractivity contribution in [3.05, 3.63) is 188 Å². The normalized spacial score (nSPS) is 16.8. The summed E-state index contributed by atoms with van der Waals surface area (Å²) in [6, 6.07) is 4.63. The smallest absolute Gasteiger partial charge is 0.240 e. The molecule has 0 atom stereocenters. The van der Waals surface area contributed by atoms with E-state index in [0.29, 0.717) is 22.3 Å². The maximum Gasteiger partial charge on any atom is 0.240 e. The number of rotatable bonds is 5. The van der Waals surface area contributed by atoms with Crippen LogP contribution in [0, 0.1) is 0 Å². The predicted molar refractivity (Wildman–Crippen MR) is 232 cm³/mol. The van der Waals surface area contributed by atoms with Crippen molar-refractivity contribution in [1.82, 2.24) is 24.1 Å². The van der Waals surface area contributed by atoms with Crippen molar-refractivity contribution in [2.45, 2.75) is 0 Å². The zero-order chi connectivity index (χ0) is 54.9. The average molecular weight is 750 g/mol. The lowest BCUT2D eigenvalue weighted by Gasteiger charge is -2.13. The van der Waals surface area contributed by atoms with Crippen molar-refractivity contribution in [1.29, 1.82) is 0 Å². The highest BCUT2D eigenvalue weighted by molar-refractivity contribution is 6.11. The molecule has 0 spiro atoms. The van der Waals surface area contributed by atoms with Gasteiger partial charge in [0.1, 0.15) is 11.2 Å². The first-order valence-corrected chi connectivity index (χ1v) is 17.5. The van der Waals surface area contributed by atoms with E-state index in [1.165, 1.54) is 0 Å². The predicted octanol–water partition coefficient (Wildman–Crippen LogP) is 13.0. The van der Waals surface area contributed by atoms with E-state index in [0.717, 1.165) is 19.9 Å². The fraction of sp³-hybridized carbons (Fsp3) is 0. The molecule has 6 nitrogen and oxygen atoms in total. The van der Waals surface area contributed by atoms with Crippen molar-refractivity contribution in [2.24, 2.45) is 0 Å². The minimum Gasteiger partial charge on any atom is -0.455 e. The lowest BCUT2D eigenvalue weighted by Crippen LogP contribution is -2.10. The van der Waals surface area contributed by atoms with E-state index in [1.807, 2.05) is 42.5 Å². The lowest BCUT2D eigenvalue weighted by molar-refractivity contribution is 0.670. The molecule has 8 aromatic carbocycles. The van der Waals surface area contributed by atoms with Gasteiger partial charge in [-0.25, -0.2) is 0 Å². The molecular formula is C51H31N5O. The molecule has 0 unspecified atom stereocenters. The average Bonchev–Trinajstić information content (AvgIpc) is 4.19. The van der Waals surface area contributed by atoms with Gasteiger partial charge in [-0.15, -0.1) is 0 Å². The largest absolute Gasteiger partial charge is 0.455 e. The van der Waals surface area contributed by atoms with Gasteiger partial charge >= 0.3 is 0 Å². The molecule has 0 saturated carbocycles. The van der Waals surface area contributed by atoms with Gasteiger partial charge in [0, 0.05) is 43.4 Å². The summed E-state index contributed by atoms with van der Waals surface area (Å²) in [6.45, 7) is 0. The molecule has 0 aliphatic heterocycles. The van der Waals surface area contributed by atoms with E-state index in [2.05, 4.69) is 0 Å². The third-order valence-corrected chi connectivity index (χ3v) is 9.79. The first-order valence-electron chi connectivity index (χ1n) is 27.5. The van der Waals surface area contributed by atoms with Gasteiger partial charge in [0.05, 0.1) is 49.5 Å². The van der Waals surface area contributed by atoms with Crippen LogP contribution in [0.5, 0.6) is 0 Å². The summed E-state index contributed by atoms with van der Waals surface area (Å²) in [5.74, 6) is -1.42. The van der Waals surface area contributed by atoms with Crippen LogP contribution in [0.3, 0.4) is 0 Å². The minimum absolute atomic E-state index is 0.216. The summed E-state index contributed by atoms with van der Waals surface area (Å²) in [5, 5.41) is 0.204. The van der Waals surface area contributed by atoms with Gasteiger partial charge in [-0.2, -0.15) is 15.0 Å². The summed E-state index contributed by atoms with van der Waals surface area (Å²) in [6.07, 6.45) is 0. The van der Waals surface area contributed by atoms with Crippen LogP contribution in [0.25, 0.3) is 111 Å². The van der Waals surface area contributed by atoms with Crippen molar-refractivity contribution in [3.8, 4) is 45.5 Å². The van der Waals surface area contributed by atoms with Gasteiger partial charge in [-0.05, 0) is 53.0 Å². The van der Waals surface area contributed by atoms with Crippen molar-refractivity contribution in [2.75, 3.05) is 0 Å². The first kappa shape index (κ1) is 17.8. The molecule has 266 valence electrons. The Bertz CT molecular complexity index is 4610. The van der Waals surface area contributed by atoms with Gasteiger partial charge in [0.25, 0.3) is 0 Å². The Hall–Kier alpha value is -7.83. The number of aromatic nitrogens is 5. The molecule has 4 heterocycles. The topological polar surface area (TPSA) is 61.7 Å². The molecule has 0 N–H and O–H groups in total. The number of hydrogen-bond acceptors (Lipinski definition) is 4. The van der Waals surface area contributed by atoms with Crippen molar-refractivity contribution in [3.63, 3.8) is 0 Å². The van der Waals surface area contributed by atoms with Gasteiger partial charge < -0.3 is 4.42 Å². The zero-order valence-electron chi connectivity index (χ0n) is 49.0. The highest BCUT2D eigenvalue weighted by Gasteiger charge is 2.21. The lowest BCUT2D eigenvalue weighted by atomic mass is 10.0. The highest BCUT2D eigenvalue weighted by atomic mass is 16.3. The van der Waals surface area contributed by atoms with E-state index in [4.69, 9.17) is 37.2 Å². The quantitative estimate of drug-likeness (QED) is 0.176. The molecule has 0 aliphatic rings. The summed E-state index contributed by atoms with van der Waals surface area (Å²) in [4.78, 5) is 14.6. The monoisotopic (exact) mass is 749 g/mol. The van der Waals surface area contributed by atoms with Crippen LogP contribution in [-0.4, -0.2) is 24.1 Å². The van der Waals surface area contributed by atoms with Crippen molar-refractivity contribution >= 4 is 65.6 Å². The van der Waals surface area contributed by atoms with Gasteiger partial charge in [0.15, 0.2) is 5.82 Å². The molecule has 12 aromatic rings. The number of para-hydroxylation sites is 5. The maximum atomic E-state index is 9.89. The van der Waals surface area contributed by atoms with Gasteiger partial charge in [0.2, 0.25) is 11.9 Å². The van der Waals surface area contributed by atoms with Crippen LogP contribution in [0.15, 0.2) is 192 Å². The number of nitrogens with zero attached hydrogens (tertiary/aromatic N) is 5. The summed E-state index contributed by atoms with van der Waals surface area (Å²) in [7, 11) is 0. The van der Waals surface area contributed by atoms with Crippen LogP contribution in [0.1, 0.15) is 27.4 Å². The van der Waals surface area contributed by atoms with E-state index >= 15 is 0 Å². The fourth-order valence-electron chi connectivity index (χ4n) is 7.32. The molecule has 0 fully saturated rings. The molecule has 4 aromatic heterocycles. The minimum atomic E-state index is -0.827. The first-order chi connectivity index (χ1) is 36.6. The van der Waals surface area contributed by atoms with E-state index in [1.54, 1.807) is 24.3 Å².